The molecule has 1 atom stereocenters. The first-order valence-corrected chi connectivity index (χ1v) is 8.48. The third-order valence-electron chi connectivity index (χ3n) is 5.74. The van der Waals surface area contributed by atoms with E-state index in [1.165, 1.54) is 31.2 Å². The van der Waals surface area contributed by atoms with Crippen LogP contribution in [0.1, 0.15) is 55.8 Å². The molecule has 0 amide bonds. The number of fused-ring (bicyclic) bond motifs is 1. The molecule has 0 radical (unpaired) electrons. The largest absolute Gasteiger partial charge is 0.493 e. The molecule has 0 bridgehead atoms. The highest BCUT2D eigenvalue weighted by Gasteiger charge is 2.46. The number of likely N-dealkylation sites (tertiary alicyclic amines) is 1. The molecule has 1 aromatic carbocycles. The number of ether oxygens (including phenoxy) is 1. The van der Waals surface area contributed by atoms with Gasteiger partial charge in [-0.2, -0.15) is 0 Å². The van der Waals surface area contributed by atoms with E-state index in [1.54, 1.807) is 0 Å². The van der Waals surface area contributed by atoms with Crippen molar-refractivity contribution >= 4 is 0 Å². The molecule has 0 spiro atoms. The second kappa shape index (κ2) is 5.29. The van der Waals surface area contributed by atoms with Crippen LogP contribution < -0.4 is 4.74 Å². The van der Waals surface area contributed by atoms with E-state index < -0.39 is 0 Å². The highest BCUT2D eigenvalue weighted by atomic mass is 16.5. The predicted molar refractivity (Wildman–Crippen MR) is 82.6 cm³/mol. The van der Waals surface area contributed by atoms with E-state index in [0.717, 1.165) is 50.3 Å². The summed E-state index contributed by atoms with van der Waals surface area (Å²) < 4.78 is 5.59. The first-order chi connectivity index (χ1) is 10.3. The van der Waals surface area contributed by atoms with Gasteiger partial charge in [-0.05, 0) is 62.0 Å². The molecule has 21 heavy (non-hydrogen) atoms. The summed E-state index contributed by atoms with van der Waals surface area (Å²) in [5.41, 5.74) is 2.35. The van der Waals surface area contributed by atoms with Crippen molar-refractivity contribution < 1.29 is 9.84 Å². The summed E-state index contributed by atoms with van der Waals surface area (Å²) in [5, 5.41) is 11.2. The fourth-order valence-electron chi connectivity index (χ4n) is 4.60. The van der Waals surface area contributed by atoms with Crippen molar-refractivity contribution in [3.05, 3.63) is 29.3 Å². The van der Waals surface area contributed by atoms with E-state index in [9.17, 15) is 5.11 Å². The lowest BCUT2D eigenvalue weighted by molar-refractivity contribution is -0.0196. The highest BCUT2D eigenvalue weighted by Crippen LogP contribution is 2.46. The summed E-state index contributed by atoms with van der Waals surface area (Å²) in [4.78, 5) is 2.58. The van der Waals surface area contributed by atoms with Gasteiger partial charge in [-0.15, -0.1) is 0 Å². The standard InChI is InChI=1S/C18H25NO2/c20-17(15-5-6-16-14(13-15)7-12-21-16)18(8-1-2-9-18)19-10-3-4-11-19/h5-6,13,17,20H,1-4,7-12H2. The Bertz CT molecular complexity index is 516. The molecule has 0 aromatic heterocycles. The molecule has 2 fully saturated rings. The van der Waals surface area contributed by atoms with Crippen LogP contribution >= 0.6 is 0 Å². The highest BCUT2D eigenvalue weighted by molar-refractivity contribution is 5.41. The number of hydrogen-bond acceptors (Lipinski definition) is 3. The Morgan fingerprint density at radius 3 is 2.62 bits per heavy atom. The summed E-state index contributed by atoms with van der Waals surface area (Å²) in [5.74, 6) is 1.01. The fraction of sp³-hybridized carbons (Fsp3) is 0.667. The van der Waals surface area contributed by atoms with Gasteiger partial charge in [0, 0.05) is 6.42 Å². The Labute approximate surface area is 126 Å². The SMILES string of the molecule is OC(c1ccc2c(c1)CCO2)C1(N2CCCC2)CCCC1. The van der Waals surface area contributed by atoms with Crippen LogP contribution in [0.5, 0.6) is 5.75 Å². The van der Waals surface area contributed by atoms with Crippen LogP contribution in [0, 0.1) is 0 Å². The summed E-state index contributed by atoms with van der Waals surface area (Å²) in [7, 11) is 0. The zero-order valence-electron chi connectivity index (χ0n) is 12.7. The fourth-order valence-corrected chi connectivity index (χ4v) is 4.60. The maximum atomic E-state index is 11.2. The van der Waals surface area contributed by atoms with Gasteiger partial charge in [0.2, 0.25) is 0 Å². The molecular weight excluding hydrogens is 262 g/mol. The predicted octanol–water partition coefficient (Wildman–Crippen LogP) is 3.06. The monoisotopic (exact) mass is 287 g/mol. The summed E-state index contributed by atoms with van der Waals surface area (Å²) in [6.45, 7) is 3.10. The molecule has 1 saturated heterocycles. The summed E-state index contributed by atoms with van der Waals surface area (Å²) in [6.07, 6.45) is 7.97. The average molecular weight is 287 g/mol. The topological polar surface area (TPSA) is 32.7 Å². The number of nitrogens with zero attached hydrogens (tertiary/aromatic N) is 1. The van der Waals surface area contributed by atoms with E-state index in [4.69, 9.17) is 4.74 Å². The third-order valence-corrected chi connectivity index (χ3v) is 5.74. The number of aliphatic hydroxyl groups is 1. The van der Waals surface area contributed by atoms with Gasteiger partial charge >= 0.3 is 0 Å². The van der Waals surface area contributed by atoms with E-state index in [1.807, 2.05) is 6.07 Å². The second-order valence-corrected chi connectivity index (χ2v) is 6.87. The maximum Gasteiger partial charge on any atom is 0.122 e. The lowest BCUT2D eigenvalue weighted by Crippen LogP contribution is -2.49. The molecule has 3 heteroatoms. The van der Waals surface area contributed by atoms with E-state index >= 15 is 0 Å². The van der Waals surface area contributed by atoms with Crippen molar-refractivity contribution in [1.82, 2.24) is 4.90 Å². The normalized spacial score (nSPS) is 25.8. The maximum absolute atomic E-state index is 11.2. The number of aliphatic hydroxyl groups excluding tert-OH is 1. The van der Waals surface area contributed by atoms with Crippen LogP contribution in [0.4, 0.5) is 0 Å². The van der Waals surface area contributed by atoms with Crippen molar-refractivity contribution in [2.75, 3.05) is 19.7 Å². The molecule has 4 rings (SSSR count). The number of hydrogen-bond donors (Lipinski definition) is 1. The van der Waals surface area contributed by atoms with Crippen molar-refractivity contribution in [2.24, 2.45) is 0 Å². The van der Waals surface area contributed by atoms with Crippen LogP contribution in [0.25, 0.3) is 0 Å². The van der Waals surface area contributed by atoms with Gasteiger partial charge in [0.1, 0.15) is 5.75 Å². The van der Waals surface area contributed by atoms with Gasteiger partial charge < -0.3 is 9.84 Å². The minimum atomic E-state index is -0.357. The Morgan fingerprint density at radius 2 is 1.86 bits per heavy atom. The van der Waals surface area contributed by atoms with Crippen LogP contribution in [-0.2, 0) is 6.42 Å². The Balaban J connectivity index is 1.66. The number of rotatable bonds is 3. The molecule has 2 aliphatic heterocycles. The van der Waals surface area contributed by atoms with Crippen LogP contribution in [0.2, 0.25) is 0 Å². The lowest BCUT2D eigenvalue weighted by atomic mass is 9.83. The summed E-state index contributed by atoms with van der Waals surface area (Å²) in [6, 6.07) is 6.31. The van der Waals surface area contributed by atoms with E-state index in [-0.39, 0.29) is 11.6 Å². The Morgan fingerprint density at radius 1 is 1.10 bits per heavy atom. The molecule has 3 nitrogen and oxygen atoms in total. The third kappa shape index (κ3) is 2.18. The zero-order valence-corrected chi connectivity index (χ0v) is 12.7. The van der Waals surface area contributed by atoms with Crippen molar-refractivity contribution in [2.45, 2.75) is 56.6 Å². The molecule has 1 aliphatic carbocycles. The molecule has 114 valence electrons. The molecule has 1 unspecified atom stereocenters. The number of benzene rings is 1. The van der Waals surface area contributed by atoms with Gasteiger partial charge in [-0.25, -0.2) is 0 Å². The van der Waals surface area contributed by atoms with Crippen molar-refractivity contribution in [1.29, 1.82) is 0 Å². The van der Waals surface area contributed by atoms with Crippen LogP contribution in [0.3, 0.4) is 0 Å². The van der Waals surface area contributed by atoms with Gasteiger partial charge in [0.05, 0.1) is 18.2 Å². The van der Waals surface area contributed by atoms with Crippen LogP contribution in [-0.4, -0.2) is 35.2 Å². The molecule has 2 heterocycles. The molecular formula is C18H25NO2. The molecule has 1 saturated carbocycles. The van der Waals surface area contributed by atoms with E-state index in [0.29, 0.717) is 0 Å². The zero-order chi connectivity index (χ0) is 14.3. The van der Waals surface area contributed by atoms with Crippen LogP contribution in [0.15, 0.2) is 18.2 Å². The first-order valence-electron chi connectivity index (χ1n) is 8.48. The average Bonchev–Trinajstić information content (AvgIpc) is 3.24. The van der Waals surface area contributed by atoms with Gasteiger partial charge in [-0.1, -0.05) is 18.9 Å². The second-order valence-electron chi connectivity index (χ2n) is 6.87. The van der Waals surface area contributed by atoms with Crippen molar-refractivity contribution in [3.63, 3.8) is 0 Å². The molecule has 1 N–H and O–H groups in total. The molecule has 3 aliphatic rings. The minimum Gasteiger partial charge on any atom is -0.493 e. The summed E-state index contributed by atoms with van der Waals surface area (Å²) >= 11 is 0. The van der Waals surface area contributed by atoms with E-state index in [2.05, 4.69) is 17.0 Å². The minimum absolute atomic E-state index is 0.00972. The molecule has 1 aromatic rings. The Hall–Kier alpha value is -1.06. The Kier molecular flexibility index (Phi) is 3.43. The first kappa shape index (κ1) is 13.6. The van der Waals surface area contributed by atoms with Gasteiger partial charge in [0.15, 0.2) is 0 Å². The quantitative estimate of drug-likeness (QED) is 0.927. The van der Waals surface area contributed by atoms with Crippen molar-refractivity contribution in [3.8, 4) is 5.75 Å². The van der Waals surface area contributed by atoms with Gasteiger partial charge in [-0.3, -0.25) is 4.90 Å². The lowest BCUT2D eigenvalue weighted by Gasteiger charge is -2.43. The smallest absolute Gasteiger partial charge is 0.122 e. The van der Waals surface area contributed by atoms with Gasteiger partial charge in [0.25, 0.3) is 0 Å².